The summed E-state index contributed by atoms with van der Waals surface area (Å²) in [6.45, 7) is 2.38. The number of carbonyl (C=O) groups is 1. The number of carbonyl (C=O) groups excluding carboxylic acids is 1. The zero-order valence-electron chi connectivity index (χ0n) is 18.4. The monoisotopic (exact) mass is 468 g/mol. The van der Waals surface area contributed by atoms with Crippen LogP contribution in [0.1, 0.15) is 55.5 Å². The first kappa shape index (κ1) is 22.9. The van der Waals surface area contributed by atoms with Crippen LogP contribution in [0.4, 0.5) is 0 Å². The van der Waals surface area contributed by atoms with Crippen molar-refractivity contribution in [2.45, 2.75) is 62.9 Å². The molecule has 0 unspecified atom stereocenters. The lowest BCUT2D eigenvalue weighted by molar-refractivity contribution is -0.121. The van der Waals surface area contributed by atoms with Gasteiger partial charge in [-0.15, -0.1) is 10.2 Å². The molecule has 0 aliphatic heterocycles. The molecule has 0 spiro atoms. The van der Waals surface area contributed by atoms with Crippen LogP contribution in [0.25, 0.3) is 5.69 Å². The fourth-order valence-corrected chi connectivity index (χ4v) is 5.28. The van der Waals surface area contributed by atoms with E-state index in [1.165, 1.54) is 31.2 Å². The summed E-state index contributed by atoms with van der Waals surface area (Å²) >= 11 is 7.94. The molecule has 1 saturated carbocycles. The van der Waals surface area contributed by atoms with Crippen LogP contribution < -0.4 is 5.32 Å². The second-order valence-corrected chi connectivity index (χ2v) is 9.78. The van der Waals surface area contributed by atoms with E-state index >= 15 is 0 Å². The van der Waals surface area contributed by atoms with E-state index < -0.39 is 0 Å². The SMILES string of the molecule is Cc1ccc(Cl)cc1-n1c(CNC(=O)CCC2CCCC2)nnc1SCc1ccccc1. The van der Waals surface area contributed by atoms with Crippen LogP contribution in [-0.2, 0) is 17.1 Å². The van der Waals surface area contributed by atoms with E-state index in [1.54, 1.807) is 11.8 Å². The standard InChI is InChI=1S/C25H29ClN4OS/c1-18-11-13-21(26)15-22(18)30-23(16-27-24(31)14-12-19-7-5-6-8-19)28-29-25(30)32-17-20-9-3-2-4-10-20/h2-4,9-11,13,15,19H,5-8,12,14,16-17H2,1H3,(H,27,31). The minimum Gasteiger partial charge on any atom is -0.349 e. The summed E-state index contributed by atoms with van der Waals surface area (Å²) in [4.78, 5) is 12.5. The summed E-state index contributed by atoms with van der Waals surface area (Å²) in [5.41, 5.74) is 3.23. The van der Waals surface area contributed by atoms with E-state index in [-0.39, 0.29) is 5.91 Å². The fraction of sp³-hybridized carbons (Fsp3) is 0.400. The number of aryl methyl sites for hydroxylation is 1. The number of aromatic nitrogens is 3. The Labute approximate surface area is 199 Å². The third-order valence-electron chi connectivity index (χ3n) is 6.02. The van der Waals surface area contributed by atoms with Crippen LogP contribution in [-0.4, -0.2) is 20.7 Å². The molecule has 1 aliphatic carbocycles. The van der Waals surface area contributed by atoms with Crippen LogP contribution in [0.2, 0.25) is 5.02 Å². The first-order chi connectivity index (χ1) is 15.6. The molecule has 0 bridgehead atoms. The number of rotatable bonds is 9. The molecule has 32 heavy (non-hydrogen) atoms. The number of thioether (sulfide) groups is 1. The van der Waals surface area contributed by atoms with Crippen molar-refractivity contribution in [3.63, 3.8) is 0 Å². The van der Waals surface area contributed by atoms with Crippen molar-refractivity contribution in [1.29, 1.82) is 0 Å². The van der Waals surface area contributed by atoms with Crippen molar-refractivity contribution in [2.75, 3.05) is 0 Å². The second-order valence-electron chi connectivity index (χ2n) is 8.41. The van der Waals surface area contributed by atoms with Gasteiger partial charge in [0.25, 0.3) is 0 Å². The Hall–Kier alpha value is -2.31. The third-order valence-corrected chi connectivity index (χ3v) is 7.26. The minimum absolute atomic E-state index is 0.0766. The molecule has 1 N–H and O–H groups in total. The van der Waals surface area contributed by atoms with Gasteiger partial charge in [-0.2, -0.15) is 0 Å². The van der Waals surface area contributed by atoms with Gasteiger partial charge in [0, 0.05) is 17.2 Å². The van der Waals surface area contributed by atoms with Crippen molar-refractivity contribution in [3.05, 3.63) is 70.5 Å². The highest BCUT2D eigenvalue weighted by molar-refractivity contribution is 7.98. The smallest absolute Gasteiger partial charge is 0.220 e. The number of hydrogen-bond acceptors (Lipinski definition) is 4. The van der Waals surface area contributed by atoms with Crippen LogP contribution in [0.5, 0.6) is 0 Å². The molecular weight excluding hydrogens is 440 g/mol. The van der Waals surface area contributed by atoms with Gasteiger partial charge < -0.3 is 5.32 Å². The molecule has 3 aromatic rings. The predicted octanol–water partition coefficient (Wildman–Crippen LogP) is 6.11. The largest absolute Gasteiger partial charge is 0.349 e. The number of nitrogens with one attached hydrogen (secondary N) is 1. The molecule has 1 aromatic heterocycles. The summed E-state index contributed by atoms with van der Waals surface area (Å²) in [6.07, 6.45) is 6.68. The topological polar surface area (TPSA) is 59.8 Å². The predicted molar refractivity (Wildman–Crippen MR) is 130 cm³/mol. The summed E-state index contributed by atoms with van der Waals surface area (Å²) in [6, 6.07) is 16.1. The first-order valence-electron chi connectivity index (χ1n) is 11.2. The maximum atomic E-state index is 12.5. The van der Waals surface area contributed by atoms with E-state index in [0.29, 0.717) is 29.7 Å². The normalized spacial score (nSPS) is 14.1. The van der Waals surface area contributed by atoms with Crippen molar-refractivity contribution in [1.82, 2.24) is 20.1 Å². The summed E-state index contributed by atoms with van der Waals surface area (Å²) in [5, 5.41) is 13.4. The lowest BCUT2D eigenvalue weighted by Crippen LogP contribution is -2.25. The second kappa shape index (κ2) is 11.0. The van der Waals surface area contributed by atoms with E-state index in [1.807, 2.05) is 47.9 Å². The zero-order chi connectivity index (χ0) is 22.3. The van der Waals surface area contributed by atoms with E-state index in [9.17, 15) is 4.79 Å². The number of amides is 1. The van der Waals surface area contributed by atoms with Gasteiger partial charge in [0.05, 0.1) is 12.2 Å². The molecule has 1 aliphatic rings. The van der Waals surface area contributed by atoms with Crippen molar-refractivity contribution < 1.29 is 4.79 Å². The molecule has 1 heterocycles. The van der Waals surface area contributed by atoms with Gasteiger partial charge in [-0.05, 0) is 42.5 Å². The van der Waals surface area contributed by atoms with Crippen LogP contribution in [0.3, 0.4) is 0 Å². The van der Waals surface area contributed by atoms with E-state index in [2.05, 4.69) is 27.6 Å². The molecule has 5 nitrogen and oxygen atoms in total. The average molecular weight is 469 g/mol. The van der Waals surface area contributed by atoms with Crippen LogP contribution in [0.15, 0.2) is 53.7 Å². The highest BCUT2D eigenvalue weighted by Crippen LogP contribution is 2.29. The van der Waals surface area contributed by atoms with Crippen molar-refractivity contribution in [3.8, 4) is 5.69 Å². The molecule has 2 aromatic carbocycles. The van der Waals surface area contributed by atoms with Gasteiger partial charge in [0.1, 0.15) is 0 Å². The lowest BCUT2D eigenvalue weighted by Gasteiger charge is -2.14. The maximum Gasteiger partial charge on any atom is 0.220 e. The van der Waals surface area contributed by atoms with E-state index in [0.717, 1.165) is 28.6 Å². The maximum absolute atomic E-state index is 12.5. The molecular formula is C25H29ClN4OS. The molecule has 4 rings (SSSR count). The quantitative estimate of drug-likeness (QED) is 0.385. The Balaban J connectivity index is 1.50. The minimum atomic E-state index is 0.0766. The van der Waals surface area contributed by atoms with Crippen molar-refractivity contribution in [2.24, 2.45) is 5.92 Å². The van der Waals surface area contributed by atoms with Crippen LogP contribution in [0, 0.1) is 12.8 Å². The van der Waals surface area contributed by atoms with Gasteiger partial charge in [-0.1, -0.05) is 85.4 Å². The van der Waals surface area contributed by atoms with Crippen molar-refractivity contribution >= 4 is 29.3 Å². The Morgan fingerprint density at radius 3 is 2.72 bits per heavy atom. The summed E-state index contributed by atoms with van der Waals surface area (Å²) < 4.78 is 2.02. The Kier molecular flexibility index (Phi) is 7.87. The Bertz CT molecular complexity index is 1050. The average Bonchev–Trinajstić information content (AvgIpc) is 3.47. The Morgan fingerprint density at radius 2 is 1.94 bits per heavy atom. The number of nitrogens with zero attached hydrogens (tertiary/aromatic N) is 3. The molecule has 0 saturated heterocycles. The highest BCUT2D eigenvalue weighted by atomic mass is 35.5. The molecule has 0 atom stereocenters. The number of halogens is 1. The van der Waals surface area contributed by atoms with Gasteiger partial charge >= 0.3 is 0 Å². The van der Waals surface area contributed by atoms with Gasteiger partial charge in [0.2, 0.25) is 5.91 Å². The molecule has 0 radical (unpaired) electrons. The summed E-state index contributed by atoms with van der Waals surface area (Å²) in [7, 11) is 0. The fourth-order valence-electron chi connectivity index (χ4n) is 4.20. The molecule has 168 valence electrons. The Morgan fingerprint density at radius 1 is 1.16 bits per heavy atom. The van der Waals surface area contributed by atoms with E-state index in [4.69, 9.17) is 11.6 Å². The third kappa shape index (κ3) is 5.93. The highest BCUT2D eigenvalue weighted by Gasteiger charge is 2.19. The van der Waals surface area contributed by atoms with Gasteiger partial charge in [-0.3, -0.25) is 9.36 Å². The molecule has 1 amide bonds. The number of hydrogen-bond donors (Lipinski definition) is 1. The first-order valence-corrected chi connectivity index (χ1v) is 12.6. The number of benzene rings is 2. The zero-order valence-corrected chi connectivity index (χ0v) is 20.0. The van der Waals surface area contributed by atoms with Gasteiger partial charge in [-0.25, -0.2) is 0 Å². The molecule has 1 fully saturated rings. The summed E-state index contributed by atoms with van der Waals surface area (Å²) in [5.74, 6) is 2.28. The molecule has 7 heteroatoms. The lowest BCUT2D eigenvalue weighted by atomic mass is 10.0. The van der Waals surface area contributed by atoms with Gasteiger partial charge in [0.15, 0.2) is 11.0 Å². The van der Waals surface area contributed by atoms with Crippen LogP contribution >= 0.6 is 23.4 Å².